The minimum absolute atomic E-state index is 0.0348. The van der Waals surface area contributed by atoms with Gasteiger partial charge in [0.05, 0.1) is 5.92 Å². The van der Waals surface area contributed by atoms with E-state index in [1.54, 1.807) is 0 Å². The minimum atomic E-state index is -0.169. The fraction of sp³-hybridized carbons (Fsp3) is 0.560. The summed E-state index contributed by atoms with van der Waals surface area (Å²) in [6, 6.07) is 7.40. The first-order valence-corrected chi connectivity index (χ1v) is 11.3. The van der Waals surface area contributed by atoms with Crippen molar-refractivity contribution >= 4 is 22.4 Å². The van der Waals surface area contributed by atoms with Crippen molar-refractivity contribution in [3.63, 3.8) is 0 Å². The van der Waals surface area contributed by atoms with Gasteiger partial charge in [0.25, 0.3) is 0 Å². The topological polar surface area (TPSA) is 34.5 Å². The molecule has 2 aromatic rings. The number of esters is 1. The minimum Gasteiger partial charge on any atom is -0.462 e. The van der Waals surface area contributed by atoms with E-state index in [1.165, 1.54) is 46.9 Å². The molecule has 29 heavy (non-hydrogen) atoms. The van der Waals surface area contributed by atoms with Crippen LogP contribution in [0.25, 0.3) is 16.5 Å². The highest BCUT2D eigenvalue weighted by Gasteiger charge is 2.37. The molecule has 1 aromatic heterocycles. The largest absolute Gasteiger partial charge is 0.462 e. The molecule has 0 spiro atoms. The number of benzene rings is 1. The molecule has 0 radical (unpaired) electrons. The second kappa shape index (κ2) is 7.32. The van der Waals surface area contributed by atoms with E-state index < -0.39 is 0 Å². The quantitative estimate of drug-likeness (QED) is 0.692. The summed E-state index contributed by atoms with van der Waals surface area (Å²) in [5, 5.41) is 1.37. The van der Waals surface area contributed by atoms with Crippen LogP contribution in [0, 0.1) is 5.92 Å². The number of carbonyl (C=O) groups excluding carboxylic acids is 1. The van der Waals surface area contributed by atoms with E-state index in [0.29, 0.717) is 12.1 Å². The Morgan fingerprint density at radius 1 is 1.17 bits per heavy atom. The Morgan fingerprint density at radius 2 is 1.97 bits per heavy atom. The van der Waals surface area contributed by atoms with Gasteiger partial charge in [0.15, 0.2) is 0 Å². The Morgan fingerprint density at radius 3 is 2.72 bits per heavy atom. The van der Waals surface area contributed by atoms with E-state index in [2.05, 4.69) is 60.8 Å². The van der Waals surface area contributed by atoms with Crippen molar-refractivity contribution in [3.05, 3.63) is 41.6 Å². The van der Waals surface area contributed by atoms with Gasteiger partial charge in [-0.25, -0.2) is 0 Å². The summed E-state index contributed by atoms with van der Waals surface area (Å²) < 4.78 is 8.31. The van der Waals surface area contributed by atoms with Gasteiger partial charge in [0.2, 0.25) is 0 Å². The molecule has 154 valence electrons. The van der Waals surface area contributed by atoms with Gasteiger partial charge < -0.3 is 9.30 Å². The molecule has 2 aliphatic carbocycles. The summed E-state index contributed by atoms with van der Waals surface area (Å²) in [6.45, 7) is 5.23. The van der Waals surface area contributed by atoms with Crippen LogP contribution in [0.5, 0.6) is 0 Å². The second-order valence-corrected chi connectivity index (χ2v) is 9.44. The van der Waals surface area contributed by atoms with Gasteiger partial charge in [-0.05, 0) is 75.8 Å². The third-order valence-electron chi connectivity index (χ3n) is 7.11. The third kappa shape index (κ3) is 3.22. The van der Waals surface area contributed by atoms with Crippen molar-refractivity contribution < 1.29 is 9.53 Å². The fourth-order valence-electron chi connectivity index (χ4n) is 5.59. The van der Waals surface area contributed by atoms with Crippen LogP contribution in [0.4, 0.5) is 0 Å². The summed E-state index contributed by atoms with van der Waals surface area (Å²) in [7, 11) is 2.16. The first kappa shape index (κ1) is 18.9. The molecule has 2 heterocycles. The van der Waals surface area contributed by atoms with Crippen LogP contribution < -0.4 is 0 Å². The monoisotopic (exact) mass is 392 g/mol. The van der Waals surface area contributed by atoms with Crippen LogP contribution in [0.15, 0.2) is 30.5 Å². The first-order chi connectivity index (χ1) is 14.0. The number of aromatic nitrogens is 1. The normalized spacial score (nSPS) is 25.2. The predicted molar refractivity (Wildman–Crippen MR) is 117 cm³/mol. The van der Waals surface area contributed by atoms with Crippen molar-refractivity contribution in [2.75, 3.05) is 13.6 Å². The maximum atomic E-state index is 13.0. The molecular weight excluding hydrogens is 360 g/mol. The summed E-state index contributed by atoms with van der Waals surface area (Å²) >= 11 is 0. The van der Waals surface area contributed by atoms with E-state index in [9.17, 15) is 4.79 Å². The second-order valence-electron chi connectivity index (χ2n) is 9.44. The van der Waals surface area contributed by atoms with Crippen molar-refractivity contribution in [2.24, 2.45) is 5.92 Å². The van der Waals surface area contributed by atoms with E-state index in [1.807, 2.05) is 0 Å². The molecule has 1 aromatic carbocycles. The average molecular weight is 393 g/mol. The van der Waals surface area contributed by atoms with Crippen LogP contribution in [-0.4, -0.2) is 41.2 Å². The maximum Gasteiger partial charge on any atom is 0.314 e. The molecule has 3 aliphatic rings. The Labute approximate surface area is 173 Å². The van der Waals surface area contributed by atoms with E-state index in [-0.39, 0.29) is 18.0 Å². The maximum absolute atomic E-state index is 13.0. The molecule has 0 unspecified atom stereocenters. The molecule has 1 aliphatic heterocycles. The molecule has 4 nitrogen and oxygen atoms in total. The summed E-state index contributed by atoms with van der Waals surface area (Å²) in [6.07, 6.45) is 11.4. The molecule has 0 bridgehead atoms. The van der Waals surface area contributed by atoms with Gasteiger partial charge in [0.1, 0.15) is 6.10 Å². The van der Waals surface area contributed by atoms with Crippen LogP contribution in [0.3, 0.4) is 0 Å². The van der Waals surface area contributed by atoms with Crippen molar-refractivity contribution in [3.8, 4) is 0 Å². The highest BCUT2D eigenvalue weighted by molar-refractivity contribution is 5.99. The van der Waals surface area contributed by atoms with Crippen molar-refractivity contribution in [1.82, 2.24) is 9.47 Å². The lowest BCUT2D eigenvalue weighted by atomic mass is 9.80. The predicted octanol–water partition coefficient (Wildman–Crippen LogP) is 4.97. The van der Waals surface area contributed by atoms with Gasteiger partial charge in [-0.15, -0.1) is 0 Å². The number of rotatable bonds is 3. The number of ether oxygens (including phenoxy) is 1. The van der Waals surface area contributed by atoms with Gasteiger partial charge >= 0.3 is 5.97 Å². The number of hydrogen-bond acceptors (Lipinski definition) is 3. The van der Waals surface area contributed by atoms with Gasteiger partial charge in [0, 0.05) is 35.7 Å². The summed E-state index contributed by atoms with van der Waals surface area (Å²) in [5.74, 6) is -0.204. The molecular formula is C25H32N2O2. The number of fused-ring (bicyclic) bond motifs is 2. The van der Waals surface area contributed by atoms with Crippen LogP contribution in [0.1, 0.15) is 63.1 Å². The number of likely N-dealkylation sites (N-methyl/N-ethyl adjacent to an activating group) is 1. The van der Waals surface area contributed by atoms with Crippen molar-refractivity contribution in [2.45, 2.75) is 70.6 Å². The standard InChI is InChI=1S/C25H32N2O2/c1-16(2)27-15-17-13-23-21(20-10-7-11-22(27)24(17)20)12-18(14-26(23)3)25(28)29-19-8-5-4-6-9-19/h7,10-12,15-16,18-19,23H,4-6,8-9,13-14H2,1-3H3/t18-,23-/m1/s1. The number of hydrogen-bond donors (Lipinski definition) is 0. The van der Waals surface area contributed by atoms with E-state index in [4.69, 9.17) is 4.74 Å². The van der Waals surface area contributed by atoms with Crippen molar-refractivity contribution in [1.29, 1.82) is 0 Å². The SMILES string of the molecule is CC(C)n1cc2c3c(cccc31)C1=C[C@@H](C(=O)OC3CCCCC3)CN(C)[C@@H]1C2. The van der Waals surface area contributed by atoms with Gasteiger partial charge in [-0.2, -0.15) is 0 Å². The number of carbonyl (C=O) groups is 1. The molecule has 5 rings (SSSR count). The Bertz CT molecular complexity index is 965. The lowest BCUT2D eigenvalue weighted by Crippen LogP contribution is -2.45. The highest BCUT2D eigenvalue weighted by atomic mass is 16.5. The smallest absolute Gasteiger partial charge is 0.314 e. The Balaban J connectivity index is 1.51. The van der Waals surface area contributed by atoms with Crippen LogP contribution in [0.2, 0.25) is 0 Å². The average Bonchev–Trinajstić information content (AvgIpc) is 3.10. The summed E-state index contributed by atoms with van der Waals surface area (Å²) in [4.78, 5) is 15.3. The molecule has 2 atom stereocenters. The van der Waals surface area contributed by atoms with Gasteiger partial charge in [-0.3, -0.25) is 9.69 Å². The highest BCUT2D eigenvalue weighted by Crippen LogP contribution is 2.42. The van der Waals surface area contributed by atoms with Crippen LogP contribution >= 0.6 is 0 Å². The lowest BCUT2D eigenvalue weighted by Gasteiger charge is -2.39. The zero-order valence-corrected chi connectivity index (χ0v) is 17.9. The molecule has 0 saturated heterocycles. The van der Waals surface area contributed by atoms with Gasteiger partial charge in [-0.1, -0.05) is 24.6 Å². The Kier molecular flexibility index (Phi) is 4.78. The zero-order chi connectivity index (χ0) is 20.1. The lowest BCUT2D eigenvalue weighted by molar-refractivity contribution is -0.154. The number of nitrogens with zero attached hydrogens (tertiary/aromatic N) is 2. The molecule has 1 saturated carbocycles. The van der Waals surface area contributed by atoms with E-state index >= 15 is 0 Å². The first-order valence-electron chi connectivity index (χ1n) is 11.3. The van der Waals surface area contributed by atoms with E-state index in [0.717, 1.165) is 25.8 Å². The van der Waals surface area contributed by atoms with Crippen LogP contribution in [-0.2, 0) is 16.0 Å². The fourth-order valence-corrected chi connectivity index (χ4v) is 5.59. The third-order valence-corrected chi connectivity index (χ3v) is 7.11. The molecule has 0 N–H and O–H groups in total. The zero-order valence-electron chi connectivity index (χ0n) is 17.9. The molecule has 0 amide bonds. The molecule has 1 fully saturated rings. The molecule has 4 heteroatoms. The summed E-state index contributed by atoms with van der Waals surface area (Å²) in [5.41, 5.74) is 5.35. The Hall–Kier alpha value is -2.07.